The predicted octanol–water partition coefficient (Wildman–Crippen LogP) is -0.346. The highest BCUT2D eigenvalue weighted by molar-refractivity contribution is 7.87. The van der Waals surface area contributed by atoms with Gasteiger partial charge in [-0.05, 0) is 18.8 Å². The fourth-order valence-corrected chi connectivity index (χ4v) is 3.32. The van der Waals surface area contributed by atoms with Gasteiger partial charge < -0.3 is 9.84 Å². The molecule has 1 heterocycles. The van der Waals surface area contributed by atoms with Crippen molar-refractivity contribution in [2.24, 2.45) is 5.92 Å². The van der Waals surface area contributed by atoms with E-state index in [1.807, 2.05) is 0 Å². The first kappa shape index (κ1) is 15.4. The maximum atomic E-state index is 11.9. The monoisotopic (exact) mass is 280 g/mol. The Labute approximate surface area is 107 Å². The zero-order chi connectivity index (χ0) is 13.6. The van der Waals surface area contributed by atoms with Crippen LogP contribution in [0, 0.1) is 5.92 Å². The summed E-state index contributed by atoms with van der Waals surface area (Å²) in [6, 6.07) is 0. The van der Waals surface area contributed by atoms with E-state index in [1.54, 1.807) is 0 Å². The summed E-state index contributed by atoms with van der Waals surface area (Å²) in [5.74, 6) is -0.984. The van der Waals surface area contributed by atoms with Gasteiger partial charge in [0.2, 0.25) is 0 Å². The van der Waals surface area contributed by atoms with E-state index in [2.05, 4.69) is 4.72 Å². The van der Waals surface area contributed by atoms with Crippen molar-refractivity contribution in [2.45, 2.75) is 19.3 Å². The summed E-state index contributed by atoms with van der Waals surface area (Å²) in [7, 11) is -2.02. The number of carbonyl (C=O) groups is 1. The first-order valence-electron chi connectivity index (χ1n) is 5.91. The van der Waals surface area contributed by atoms with Crippen molar-refractivity contribution >= 4 is 16.2 Å². The van der Waals surface area contributed by atoms with Gasteiger partial charge in [-0.2, -0.15) is 17.4 Å². The van der Waals surface area contributed by atoms with Gasteiger partial charge in [0.15, 0.2) is 0 Å². The van der Waals surface area contributed by atoms with Crippen molar-refractivity contribution in [1.29, 1.82) is 0 Å². The molecule has 0 aliphatic carbocycles. The first-order chi connectivity index (χ1) is 8.45. The van der Waals surface area contributed by atoms with Crippen LogP contribution < -0.4 is 4.72 Å². The van der Waals surface area contributed by atoms with Crippen LogP contribution in [0.4, 0.5) is 0 Å². The van der Waals surface area contributed by atoms with Crippen LogP contribution in [0.15, 0.2) is 0 Å². The highest BCUT2D eigenvalue weighted by atomic mass is 32.2. The number of rotatable bonds is 7. The van der Waals surface area contributed by atoms with Gasteiger partial charge >= 0.3 is 5.97 Å². The molecule has 106 valence electrons. The molecular formula is C10H20N2O5S. The van der Waals surface area contributed by atoms with Crippen molar-refractivity contribution in [2.75, 3.05) is 33.4 Å². The van der Waals surface area contributed by atoms with Crippen molar-refractivity contribution in [1.82, 2.24) is 9.03 Å². The van der Waals surface area contributed by atoms with Gasteiger partial charge in [0.25, 0.3) is 10.2 Å². The van der Waals surface area contributed by atoms with Gasteiger partial charge in [-0.3, -0.25) is 4.79 Å². The molecule has 1 rings (SSSR count). The number of hydrogen-bond acceptors (Lipinski definition) is 4. The van der Waals surface area contributed by atoms with Crippen LogP contribution in [0.2, 0.25) is 0 Å². The number of nitrogens with one attached hydrogen (secondary N) is 1. The number of methoxy groups -OCH3 is 1. The Morgan fingerprint density at radius 2 is 2.28 bits per heavy atom. The molecule has 1 saturated heterocycles. The standard InChI is InChI=1S/C10H20N2O5S/c1-17-6-4-11-18(15,16)12-5-2-3-9(8-12)7-10(13)14/h9,11H,2-8H2,1H3,(H,13,14). The van der Waals surface area contributed by atoms with E-state index < -0.39 is 16.2 Å². The van der Waals surface area contributed by atoms with Crippen LogP contribution in [-0.4, -0.2) is 57.1 Å². The fraction of sp³-hybridized carbons (Fsp3) is 0.900. The Morgan fingerprint density at radius 1 is 1.56 bits per heavy atom. The average Bonchev–Trinajstić information content (AvgIpc) is 2.28. The largest absolute Gasteiger partial charge is 0.481 e. The summed E-state index contributed by atoms with van der Waals surface area (Å²) in [5.41, 5.74) is 0. The smallest absolute Gasteiger partial charge is 0.303 e. The number of piperidine rings is 1. The lowest BCUT2D eigenvalue weighted by Gasteiger charge is -2.31. The third kappa shape index (κ3) is 4.89. The van der Waals surface area contributed by atoms with E-state index in [4.69, 9.17) is 9.84 Å². The molecule has 1 atom stereocenters. The molecule has 8 heteroatoms. The summed E-state index contributed by atoms with van der Waals surface area (Å²) in [6.45, 7) is 1.25. The summed E-state index contributed by atoms with van der Waals surface area (Å²) in [4.78, 5) is 10.6. The van der Waals surface area contributed by atoms with Crippen LogP contribution in [0.1, 0.15) is 19.3 Å². The molecule has 0 spiro atoms. The second-order valence-electron chi connectivity index (χ2n) is 4.36. The summed E-state index contributed by atoms with van der Waals surface area (Å²) < 4.78 is 32.3. The maximum Gasteiger partial charge on any atom is 0.303 e. The molecule has 18 heavy (non-hydrogen) atoms. The molecule has 0 aromatic rings. The lowest BCUT2D eigenvalue weighted by atomic mass is 9.96. The SMILES string of the molecule is COCCNS(=O)(=O)N1CCCC(CC(=O)O)C1. The van der Waals surface area contributed by atoms with Crippen LogP contribution >= 0.6 is 0 Å². The highest BCUT2D eigenvalue weighted by Gasteiger charge is 2.29. The second-order valence-corrected chi connectivity index (χ2v) is 6.11. The van der Waals surface area contributed by atoms with Crippen molar-refractivity contribution in [3.63, 3.8) is 0 Å². The average molecular weight is 280 g/mol. The van der Waals surface area contributed by atoms with E-state index in [-0.39, 0.29) is 25.4 Å². The van der Waals surface area contributed by atoms with Gasteiger partial charge in [-0.25, -0.2) is 0 Å². The summed E-state index contributed by atoms with van der Waals surface area (Å²) in [6.07, 6.45) is 1.48. The van der Waals surface area contributed by atoms with E-state index in [0.29, 0.717) is 19.6 Å². The minimum Gasteiger partial charge on any atom is -0.481 e. The van der Waals surface area contributed by atoms with Crippen molar-refractivity contribution < 1.29 is 23.1 Å². The molecule has 1 aliphatic heterocycles. The molecule has 0 radical (unpaired) electrons. The van der Waals surface area contributed by atoms with E-state index in [9.17, 15) is 13.2 Å². The Hall–Kier alpha value is -0.700. The van der Waals surface area contributed by atoms with Gasteiger partial charge in [0.05, 0.1) is 6.61 Å². The van der Waals surface area contributed by atoms with Gasteiger partial charge in [0.1, 0.15) is 0 Å². The van der Waals surface area contributed by atoms with Crippen molar-refractivity contribution in [3.8, 4) is 0 Å². The number of nitrogens with zero attached hydrogens (tertiary/aromatic N) is 1. The highest BCUT2D eigenvalue weighted by Crippen LogP contribution is 2.21. The van der Waals surface area contributed by atoms with Crippen LogP contribution in [0.5, 0.6) is 0 Å². The quantitative estimate of drug-likeness (QED) is 0.622. The number of carboxylic acid groups (broad SMARTS) is 1. The molecule has 1 aliphatic rings. The van der Waals surface area contributed by atoms with Crippen LogP contribution in [0.25, 0.3) is 0 Å². The molecule has 1 unspecified atom stereocenters. The first-order valence-corrected chi connectivity index (χ1v) is 7.35. The molecule has 0 amide bonds. The maximum absolute atomic E-state index is 11.9. The Morgan fingerprint density at radius 3 is 2.89 bits per heavy atom. The van der Waals surface area contributed by atoms with E-state index in [0.717, 1.165) is 6.42 Å². The van der Waals surface area contributed by atoms with Crippen LogP contribution in [0.3, 0.4) is 0 Å². The molecule has 0 bridgehead atoms. The second kappa shape index (κ2) is 7.03. The number of carboxylic acids is 1. The number of hydrogen-bond donors (Lipinski definition) is 2. The third-order valence-corrected chi connectivity index (χ3v) is 4.46. The summed E-state index contributed by atoms with van der Waals surface area (Å²) >= 11 is 0. The molecule has 1 fully saturated rings. The van der Waals surface area contributed by atoms with Crippen LogP contribution in [-0.2, 0) is 19.7 Å². The zero-order valence-corrected chi connectivity index (χ0v) is 11.3. The lowest BCUT2D eigenvalue weighted by molar-refractivity contribution is -0.138. The minimum absolute atomic E-state index is 0.0179. The van der Waals surface area contributed by atoms with E-state index >= 15 is 0 Å². The van der Waals surface area contributed by atoms with Gasteiger partial charge in [-0.15, -0.1) is 0 Å². The van der Waals surface area contributed by atoms with Crippen molar-refractivity contribution in [3.05, 3.63) is 0 Å². The Balaban J connectivity index is 2.51. The normalized spacial score (nSPS) is 21.9. The topological polar surface area (TPSA) is 95.9 Å². The van der Waals surface area contributed by atoms with Gasteiger partial charge in [-0.1, -0.05) is 0 Å². The van der Waals surface area contributed by atoms with E-state index in [1.165, 1.54) is 11.4 Å². The molecule has 7 nitrogen and oxygen atoms in total. The minimum atomic E-state index is -3.51. The predicted molar refractivity (Wildman–Crippen MR) is 65.3 cm³/mol. The summed E-state index contributed by atoms with van der Waals surface area (Å²) in [5, 5.41) is 8.73. The lowest BCUT2D eigenvalue weighted by Crippen LogP contribution is -2.47. The van der Waals surface area contributed by atoms with Gasteiger partial charge in [0, 0.05) is 33.2 Å². The number of ether oxygens (including phenoxy) is 1. The zero-order valence-electron chi connectivity index (χ0n) is 10.5. The molecular weight excluding hydrogens is 260 g/mol. The number of aliphatic carboxylic acids is 1. The fourth-order valence-electron chi connectivity index (χ4n) is 2.02. The Bertz CT molecular complexity index is 370. The third-order valence-electron chi connectivity index (χ3n) is 2.88. The Kier molecular flexibility index (Phi) is 6.00. The molecule has 0 aromatic heterocycles. The molecule has 0 saturated carbocycles. The molecule has 0 aromatic carbocycles. The molecule has 2 N–H and O–H groups in total.